The van der Waals surface area contributed by atoms with Gasteiger partial charge in [0.25, 0.3) is 0 Å². The quantitative estimate of drug-likeness (QED) is 0.156. The van der Waals surface area contributed by atoms with E-state index >= 15 is 0 Å². The lowest BCUT2D eigenvalue weighted by Crippen LogP contribution is -2.05. The van der Waals surface area contributed by atoms with Crippen LogP contribution in [0, 0.1) is 0 Å². The van der Waals surface area contributed by atoms with Crippen LogP contribution in [0.3, 0.4) is 0 Å². The molecule has 3 aliphatic rings. The van der Waals surface area contributed by atoms with E-state index in [9.17, 15) is 0 Å². The van der Waals surface area contributed by atoms with Crippen LogP contribution in [0.2, 0.25) is 0 Å². The molecule has 119 heavy (non-hydrogen) atoms. The third kappa shape index (κ3) is 12.0. The van der Waals surface area contributed by atoms with E-state index in [1.807, 2.05) is 92.7 Å². The summed E-state index contributed by atoms with van der Waals surface area (Å²) < 4.78 is 6.43. The van der Waals surface area contributed by atoms with Gasteiger partial charge < -0.3 is 0 Å². The van der Waals surface area contributed by atoms with Gasteiger partial charge >= 0.3 is 0 Å². The molecule has 0 saturated carbocycles. The molecule has 0 N–H and O–H groups in total. The van der Waals surface area contributed by atoms with Gasteiger partial charge in [-0.25, -0.2) is 24.9 Å². The zero-order valence-corrected chi connectivity index (χ0v) is 65.1. The molecule has 6 heterocycles. The highest BCUT2D eigenvalue weighted by atomic mass is 15.2. The van der Waals surface area contributed by atoms with Crippen LogP contribution < -0.4 is 0 Å². The smallest absolute Gasteiger partial charge is 0.238 e. The lowest BCUT2D eigenvalue weighted by Gasteiger charge is -2.14. The first-order chi connectivity index (χ1) is 59.0. The summed E-state index contributed by atoms with van der Waals surface area (Å²) in [5.74, 6) is 3.23. The summed E-state index contributed by atoms with van der Waals surface area (Å²) >= 11 is 0. The Bertz CT molecular complexity index is 7290. The van der Waals surface area contributed by atoms with Gasteiger partial charge in [-0.15, -0.1) is 0 Å². The Balaban J connectivity index is 0.000000108. The molecule has 10 nitrogen and oxygen atoms in total. The van der Waals surface area contributed by atoms with Gasteiger partial charge in [-0.1, -0.05) is 317 Å². The lowest BCUT2D eigenvalue weighted by atomic mass is 9.92. The predicted octanol–water partition coefficient (Wildman–Crippen LogP) is 27.8. The fourth-order valence-electron chi connectivity index (χ4n) is 17.9. The Morgan fingerprint density at radius 3 is 0.756 bits per heavy atom. The molecular formula is C109H72N10. The molecule has 0 radical (unpaired) electrons. The van der Waals surface area contributed by atoms with E-state index in [-0.39, 0.29) is 0 Å². The Morgan fingerprint density at radius 2 is 0.437 bits per heavy atom. The van der Waals surface area contributed by atoms with Gasteiger partial charge in [-0.2, -0.15) is 9.97 Å². The zero-order valence-electron chi connectivity index (χ0n) is 65.1. The van der Waals surface area contributed by atoms with Crippen LogP contribution >= 0.6 is 0 Å². The summed E-state index contributed by atoms with van der Waals surface area (Å²) in [4.78, 5) is 34.4. The number of hydrogen-bond donors (Lipinski definition) is 0. The first kappa shape index (κ1) is 69.8. The average Bonchev–Trinajstić information content (AvgIpc) is 1.57. The van der Waals surface area contributed by atoms with Crippen molar-refractivity contribution in [2.45, 2.75) is 13.8 Å². The third-order valence-corrected chi connectivity index (χ3v) is 23.3. The Hall–Kier alpha value is -15.9. The van der Waals surface area contributed by atoms with Gasteiger partial charge in [0.1, 0.15) is 0 Å². The highest BCUT2D eigenvalue weighted by Crippen LogP contribution is 2.54. The lowest BCUT2D eigenvalue weighted by molar-refractivity contribution is 0.934. The minimum Gasteiger partial charge on any atom is -0.285 e. The molecule has 0 atom stereocenters. The Kier molecular flexibility index (Phi) is 17.1. The number of fused-ring (bicyclic) bond motifs is 18. The van der Waals surface area contributed by atoms with Gasteiger partial charge in [0.2, 0.25) is 17.8 Å². The fraction of sp³-hybridized carbons (Fsp3) is 0.0183. The number of benzene rings is 16. The highest BCUT2D eigenvalue weighted by molar-refractivity contribution is 6.19. The Labute approximate surface area is 687 Å². The molecule has 558 valence electrons. The van der Waals surface area contributed by atoms with E-state index < -0.39 is 0 Å². The largest absolute Gasteiger partial charge is 0.285 e. The molecule has 0 fully saturated rings. The van der Waals surface area contributed by atoms with Gasteiger partial charge in [0.15, 0.2) is 11.6 Å². The molecular weight excluding hydrogens is 1450 g/mol. The van der Waals surface area contributed by atoms with Crippen molar-refractivity contribution in [1.82, 2.24) is 48.6 Å². The monoisotopic (exact) mass is 1520 g/mol. The summed E-state index contributed by atoms with van der Waals surface area (Å²) in [7, 11) is 0. The second kappa shape index (κ2) is 29.2. The normalized spacial score (nSPS) is 11.6. The minimum absolute atomic E-state index is 0.595. The molecule has 3 aliphatic carbocycles. The molecule has 6 aromatic heterocycles. The van der Waals surface area contributed by atoms with E-state index in [1.165, 1.54) is 149 Å². The SMILES string of the molecule is CC.c1ccc(-c2cc(-c3ccccc3)nc(-n3cc4c5c(cccc53)-c3ccccc3-c3cc5ccccc5cc3-4)n2)cc1.c1ccc(-c2nc(-c3ccccc3)nc(-n3cc4c5c(cccc53)-c3ccccc3-c3cc5ccccc5cc3-4)n2)cc1.c1cnc(-n2cc3c4c(cccc42)-c2ccccc2-c2cc4ccccc4cc2-3)nc1. The highest BCUT2D eigenvalue weighted by Gasteiger charge is 2.30. The van der Waals surface area contributed by atoms with E-state index in [0.29, 0.717) is 29.5 Å². The van der Waals surface area contributed by atoms with Gasteiger partial charge in [-0.05, 0) is 182 Å². The van der Waals surface area contributed by atoms with E-state index in [0.717, 1.165) is 50.2 Å². The van der Waals surface area contributed by atoms with Crippen LogP contribution in [0.25, 0.3) is 228 Å². The Morgan fingerprint density at radius 1 is 0.185 bits per heavy atom. The van der Waals surface area contributed by atoms with Crippen LogP contribution in [0.15, 0.2) is 401 Å². The second-order valence-electron chi connectivity index (χ2n) is 29.9. The molecule has 0 amide bonds. The summed E-state index contributed by atoms with van der Waals surface area (Å²) in [5, 5.41) is 11.1. The molecule has 16 aromatic carbocycles. The van der Waals surface area contributed by atoms with Gasteiger partial charge in [0.05, 0.1) is 27.9 Å². The summed E-state index contributed by atoms with van der Waals surface area (Å²) in [5.41, 5.74) is 31.3. The number of aromatic nitrogens is 10. The van der Waals surface area contributed by atoms with Crippen molar-refractivity contribution >= 4 is 65.0 Å². The molecule has 0 saturated heterocycles. The number of rotatable bonds is 7. The standard InChI is InChI=1S/C40H25N3.C39H24N4.C28H17N3.C2H6/c1-3-12-26(13-4-1)36-24-37(27-14-5-2-6-15-27)42-40(41-36)43-25-35-34-23-29-17-8-7-16-28(29)22-33(34)31-19-10-9-18-30(31)32-20-11-21-38(43)39(32)35;1-3-12-25(13-4-1)37-40-38(26-14-5-2-6-15-26)42-39(41-37)43-24-34-33-23-28-17-8-7-16-27(28)22-32(33)30-19-10-9-18-29(30)31-20-11-21-35(43)36(31)34;1-2-8-19-16-24-23(15-18(19)7-1)21-10-4-3-9-20(21)22-11-5-12-26-27(22)25(24)17-31(26)28-29-13-6-14-30-28;1-2/h1-25H;1-24H;1-17H;1-2H3. The van der Waals surface area contributed by atoms with Gasteiger partial charge in [0, 0.05) is 86.1 Å². The first-order valence-corrected chi connectivity index (χ1v) is 40.5. The van der Waals surface area contributed by atoms with E-state index in [4.69, 9.17) is 24.9 Å². The molecule has 22 aromatic rings. The minimum atomic E-state index is 0.595. The molecule has 0 bridgehead atoms. The maximum Gasteiger partial charge on any atom is 0.238 e. The van der Waals surface area contributed by atoms with Crippen molar-refractivity contribution in [3.05, 3.63) is 401 Å². The predicted molar refractivity (Wildman–Crippen MR) is 490 cm³/mol. The summed E-state index contributed by atoms with van der Waals surface area (Å²) in [6, 6.07) is 131. The van der Waals surface area contributed by atoms with Crippen molar-refractivity contribution in [3.8, 4) is 163 Å². The molecule has 25 rings (SSSR count). The maximum atomic E-state index is 5.17. The van der Waals surface area contributed by atoms with Crippen LogP contribution in [0.5, 0.6) is 0 Å². The topological polar surface area (TPSA) is 105 Å². The fourth-order valence-corrected chi connectivity index (χ4v) is 17.9. The average molecular weight is 1520 g/mol. The van der Waals surface area contributed by atoms with Crippen molar-refractivity contribution in [2.24, 2.45) is 0 Å². The van der Waals surface area contributed by atoms with Crippen LogP contribution in [0.4, 0.5) is 0 Å². The van der Waals surface area contributed by atoms with Crippen molar-refractivity contribution in [1.29, 1.82) is 0 Å². The molecule has 10 heteroatoms. The second-order valence-corrected chi connectivity index (χ2v) is 29.9. The van der Waals surface area contributed by atoms with Crippen molar-refractivity contribution < 1.29 is 0 Å². The van der Waals surface area contributed by atoms with E-state index in [1.54, 1.807) is 12.4 Å². The number of hydrogen-bond acceptors (Lipinski definition) is 7. The maximum absolute atomic E-state index is 5.17. The number of nitrogens with zero attached hydrogens (tertiary/aromatic N) is 10. The first-order valence-electron chi connectivity index (χ1n) is 40.5. The van der Waals surface area contributed by atoms with Crippen molar-refractivity contribution in [3.63, 3.8) is 0 Å². The summed E-state index contributed by atoms with van der Waals surface area (Å²) in [6.45, 7) is 4.00. The molecule has 0 unspecified atom stereocenters. The van der Waals surface area contributed by atoms with Crippen molar-refractivity contribution in [2.75, 3.05) is 0 Å². The zero-order chi connectivity index (χ0) is 79.0. The summed E-state index contributed by atoms with van der Waals surface area (Å²) in [6.07, 6.45) is 10.2. The van der Waals surface area contributed by atoms with Gasteiger partial charge in [-0.3, -0.25) is 13.7 Å². The van der Waals surface area contributed by atoms with Crippen LogP contribution in [0.1, 0.15) is 13.8 Å². The van der Waals surface area contributed by atoms with Crippen LogP contribution in [-0.4, -0.2) is 48.6 Å². The van der Waals surface area contributed by atoms with Crippen LogP contribution in [-0.2, 0) is 0 Å². The van der Waals surface area contributed by atoms with E-state index in [2.05, 4.69) is 333 Å². The molecule has 0 aliphatic heterocycles. The molecule has 0 spiro atoms. The third-order valence-electron chi connectivity index (χ3n) is 23.3.